The van der Waals surface area contributed by atoms with E-state index in [0.717, 1.165) is 42.7 Å². The maximum Gasteiger partial charge on any atom is 0.227 e. The molecule has 1 amide bonds. The van der Waals surface area contributed by atoms with Crippen LogP contribution in [0.25, 0.3) is 11.4 Å². The number of hydrogen-bond acceptors (Lipinski definition) is 6. The van der Waals surface area contributed by atoms with Crippen LogP contribution in [-0.4, -0.2) is 33.2 Å². The zero-order valence-electron chi connectivity index (χ0n) is 15.4. The van der Waals surface area contributed by atoms with E-state index in [1.54, 1.807) is 11.9 Å². The highest BCUT2D eigenvalue weighted by Gasteiger charge is 2.21. The van der Waals surface area contributed by atoms with Crippen molar-refractivity contribution >= 4 is 5.91 Å². The van der Waals surface area contributed by atoms with E-state index in [9.17, 15) is 4.79 Å². The number of carbonyl (C=O) groups is 1. The summed E-state index contributed by atoms with van der Waals surface area (Å²) >= 11 is 0. The van der Waals surface area contributed by atoms with Crippen LogP contribution in [0, 0.1) is 0 Å². The van der Waals surface area contributed by atoms with Gasteiger partial charge in [-0.25, -0.2) is 0 Å². The number of carbonyl (C=O) groups excluding carboxylic acids is 1. The van der Waals surface area contributed by atoms with Gasteiger partial charge < -0.3 is 13.9 Å². The van der Waals surface area contributed by atoms with Gasteiger partial charge in [0.05, 0.1) is 6.54 Å². The molecule has 1 aliphatic rings. The number of aryl methyl sites for hydroxylation is 2. The number of rotatable bonds is 6. The fourth-order valence-corrected chi connectivity index (χ4v) is 3.35. The summed E-state index contributed by atoms with van der Waals surface area (Å²) in [5, 5.41) is 8.15. The first-order chi connectivity index (χ1) is 13.2. The normalized spacial score (nSPS) is 13.4. The topological polar surface area (TPSA) is 85.3 Å². The Morgan fingerprint density at radius 3 is 2.78 bits per heavy atom. The molecule has 2 aromatic heterocycles. The van der Waals surface area contributed by atoms with Crippen molar-refractivity contribution in [3.8, 4) is 11.4 Å². The lowest BCUT2D eigenvalue weighted by atomic mass is 9.96. The van der Waals surface area contributed by atoms with Crippen LogP contribution in [0.1, 0.15) is 42.2 Å². The second-order valence-electron chi connectivity index (χ2n) is 6.87. The molecule has 2 heterocycles. The fraction of sp³-hybridized carbons (Fsp3) is 0.400. The number of hydrogen-bond donors (Lipinski definition) is 0. The molecule has 0 saturated heterocycles. The Bertz CT molecular complexity index is 916. The number of benzene rings is 1. The highest BCUT2D eigenvalue weighted by molar-refractivity contribution is 5.76. The van der Waals surface area contributed by atoms with Crippen LogP contribution in [-0.2, 0) is 30.6 Å². The van der Waals surface area contributed by atoms with Gasteiger partial charge in [0.1, 0.15) is 11.5 Å². The summed E-state index contributed by atoms with van der Waals surface area (Å²) in [5.41, 5.74) is 2.96. The minimum Gasteiger partial charge on any atom is -0.361 e. The molecule has 7 heteroatoms. The quantitative estimate of drug-likeness (QED) is 0.666. The molecule has 1 aliphatic carbocycles. The smallest absolute Gasteiger partial charge is 0.227 e. The molecule has 0 bridgehead atoms. The van der Waals surface area contributed by atoms with Crippen LogP contribution >= 0.6 is 0 Å². The third kappa shape index (κ3) is 3.92. The molecule has 0 atom stereocenters. The monoisotopic (exact) mass is 366 g/mol. The SMILES string of the molecule is CN(Cc1noc2c1CCCC2)C(=O)CCc1nc(-c2ccccc2)no1. The number of fused-ring (bicyclic) bond motifs is 1. The van der Waals surface area contributed by atoms with Gasteiger partial charge in [0, 0.05) is 37.4 Å². The van der Waals surface area contributed by atoms with Crippen LogP contribution in [0.4, 0.5) is 0 Å². The molecule has 4 rings (SSSR count). The minimum absolute atomic E-state index is 0.0158. The maximum absolute atomic E-state index is 12.5. The van der Waals surface area contributed by atoms with Crippen LogP contribution in [0.2, 0.25) is 0 Å². The van der Waals surface area contributed by atoms with Crippen molar-refractivity contribution in [1.29, 1.82) is 0 Å². The van der Waals surface area contributed by atoms with Crippen molar-refractivity contribution in [1.82, 2.24) is 20.2 Å². The Morgan fingerprint density at radius 1 is 1.11 bits per heavy atom. The van der Waals surface area contributed by atoms with E-state index in [2.05, 4.69) is 15.3 Å². The van der Waals surface area contributed by atoms with Gasteiger partial charge >= 0.3 is 0 Å². The summed E-state index contributed by atoms with van der Waals surface area (Å²) in [5.74, 6) is 2.01. The van der Waals surface area contributed by atoms with Crippen molar-refractivity contribution in [3.05, 3.63) is 53.2 Å². The summed E-state index contributed by atoms with van der Waals surface area (Å²) in [6.07, 6.45) is 4.96. The highest BCUT2D eigenvalue weighted by atomic mass is 16.5. The molecule has 27 heavy (non-hydrogen) atoms. The standard InChI is InChI=1S/C20H22N4O3/c1-24(13-16-15-9-5-6-10-17(15)26-22-16)19(25)12-11-18-21-20(23-27-18)14-7-3-2-4-8-14/h2-4,7-8H,5-6,9-13H2,1H3. The van der Waals surface area contributed by atoms with Crippen molar-refractivity contribution in [2.75, 3.05) is 7.05 Å². The lowest BCUT2D eigenvalue weighted by molar-refractivity contribution is -0.130. The zero-order chi connectivity index (χ0) is 18.6. The van der Waals surface area contributed by atoms with E-state index in [1.165, 1.54) is 5.56 Å². The molecular weight excluding hydrogens is 344 g/mol. The van der Waals surface area contributed by atoms with Crippen molar-refractivity contribution in [2.24, 2.45) is 0 Å². The Balaban J connectivity index is 1.33. The van der Waals surface area contributed by atoms with Crippen molar-refractivity contribution in [3.63, 3.8) is 0 Å². The first-order valence-corrected chi connectivity index (χ1v) is 9.29. The van der Waals surface area contributed by atoms with E-state index in [4.69, 9.17) is 9.05 Å². The molecule has 0 radical (unpaired) electrons. The Hall–Kier alpha value is -2.96. The fourth-order valence-electron chi connectivity index (χ4n) is 3.35. The zero-order valence-corrected chi connectivity index (χ0v) is 15.4. The molecular formula is C20H22N4O3. The molecule has 0 fully saturated rings. The van der Waals surface area contributed by atoms with Gasteiger partial charge in [-0.15, -0.1) is 0 Å². The maximum atomic E-state index is 12.5. The number of nitrogens with zero attached hydrogens (tertiary/aromatic N) is 4. The lowest BCUT2D eigenvalue weighted by Crippen LogP contribution is -2.27. The van der Waals surface area contributed by atoms with Crippen molar-refractivity contribution < 1.29 is 13.8 Å². The summed E-state index contributed by atoms with van der Waals surface area (Å²) in [6, 6.07) is 9.63. The molecule has 3 aromatic rings. The molecule has 1 aromatic carbocycles. The summed E-state index contributed by atoms with van der Waals surface area (Å²) in [4.78, 5) is 18.5. The van der Waals surface area contributed by atoms with Crippen LogP contribution < -0.4 is 0 Å². The van der Waals surface area contributed by atoms with Gasteiger partial charge in [0.2, 0.25) is 17.6 Å². The third-order valence-corrected chi connectivity index (χ3v) is 4.90. The van der Waals surface area contributed by atoms with Crippen LogP contribution in [0.3, 0.4) is 0 Å². The lowest BCUT2D eigenvalue weighted by Gasteiger charge is -2.17. The number of aromatic nitrogens is 3. The van der Waals surface area contributed by atoms with Crippen LogP contribution in [0.5, 0.6) is 0 Å². The van der Waals surface area contributed by atoms with E-state index in [-0.39, 0.29) is 5.91 Å². The van der Waals surface area contributed by atoms with Gasteiger partial charge in [-0.3, -0.25) is 4.79 Å². The van der Waals surface area contributed by atoms with E-state index >= 15 is 0 Å². The molecule has 0 N–H and O–H groups in total. The van der Waals surface area contributed by atoms with Gasteiger partial charge in [-0.1, -0.05) is 40.6 Å². The predicted molar refractivity (Wildman–Crippen MR) is 97.7 cm³/mol. The molecule has 0 aliphatic heterocycles. The van der Waals surface area contributed by atoms with Gasteiger partial charge in [0.15, 0.2) is 0 Å². The average Bonchev–Trinajstić information content (AvgIpc) is 3.34. The van der Waals surface area contributed by atoms with E-state index in [1.807, 2.05) is 30.3 Å². The average molecular weight is 366 g/mol. The first kappa shape index (κ1) is 17.5. The first-order valence-electron chi connectivity index (χ1n) is 9.29. The van der Waals surface area contributed by atoms with Gasteiger partial charge in [-0.2, -0.15) is 4.98 Å². The molecule has 0 saturated carbocycles. The second kappa shape index (κ2) is 7.73. The van der Waals surface area contributed by atoms with E-state index in [0.29, 0.717) is 31.1 Å². The number of amides is 1. The molecule has 0 unspecified atom stereocenters. The minimum atomic E-state index is 0.0158. The summed E-state index contributed by atoms with van der Waals surface area (Å²) in [7, 11) is 1.79. The Morgan fingerprint density at radius 2 is 1.93 bits per heavy atom. The Labute approximate surface area is 157 Å². The molecule has 0 spiro atoms. The molecule has 7 nitrogen and oxygen atoms in total. The highest BCUT2D eigenvalue weighted by Crippen LogP contribution is 2.25. The second-order valence-corrected chi connectivity index (χ2v) is 6.87. The van der Waals surface area contributed by atoms with Crippen molar-refractivity contribution in [2.45, 2.75) is 45.1 Å². The Kier molecular flexibility index (Phi) is 5.00. The van der Waals surface area contributed by atoms with E-state index < -0.39 is 0 Å². The largest absolute Gasteiger partial charge is 0.361 e. The third-order valence-electron chi connectivity index (χ3n) is 4.90. The summed E-state index contributed by atoms with van der Waals surface area (Å²) < 4.78 is 10.7. The molecule has 140 valence electrons. The van der Waals surface area contributed by atoms with Crippen LogP contribution in [0.15, 0.2) is 39.4 Å². The summed E-state index contributed by atoms with van der Waals surface area (Å²) in [6.45, 7) is 0.469. The van der Waals surface area contributed by atoms with Gasteiger partial charge in [0.25, 0.3) is 0 Å². The predicted octanol–water partition coefficient (Wildman–Crippen LogP) is 3.19. The van der Waals surface area contributed by atoms with Gasteiger partial charge in [-0.05, 0) is 19.3 Å².